The third kappa shape index (κ3) is 4.85. The minimum atomic E-state index is -1.29. The Kier molecular flexibility index (Phi) is 6.08. The van der Waals surface area contributed by atoms with Crippen molar-refractivity contribution in [2.24, 2.45) is 4.99 Å². The van der Waals surface area contributed by atoms with Gasteiger partial charge in [-0.1, -0.05) is 12.1 Å². The summed E-state index contributed by atoms with van der Waals surface area (Å²) in [4.78, 5) is 28.6. The van der Waals surface area contributed by atoms with Crippen molar-refractivity contribution in [1.82, 2.24) is 0 Å². The van der Waals surface area contributed by atoms with Crippen LogP contribution in [-0.2, 0) is 0 Å². The third-order valence-corrected chi connectivity index (χ3v) is 4.88. The van der Waals surface area contributed by atoms with E-state index in [0.29, 0.717) is 33.8 Å². The lowest BCUT2D eigenvalue weighted by Crippen LogP contribution is -2.22. The van der Waals surface area contributed by atoms with Gasteiger partial charge in [0.1, 0.15) is 22.6 Å². The monoisotopic (exact) mass is 443 g/mol. The summed E-state index contributed by atoms with van der Waals surface area (Å²) in [5, 5.41) is 14.5. The van der Waals surface area contributed by atoms with Crippen LogP contribution in [0.1, 0.15) is 20.7 Å². The lowest BCUT2D eigenvalue weighted by molar-refractivity contribution is -0.255. The molecular formula is C25H19N2O6-. The van der Waals surface area contributed by atoms with E-state index < -0.39 is 11.9 Å². The fraction of sp³-hybridized carbons (Fsp3) is 0.0800. The molecule has 0 radical (unpaired) electrons. The van der Waals surface area contributed by atoms with Crippen LogP contribution in [0.4, 0.5) is 11.4 Å². The summed E-state index contributed by atoms with van der Waals surface area (Å²) in [6.07, 6.45) is 0. The smallest absolute Gasteiger partial charge is 0.261 e. The quantitative estimate of drug-likeness (QED) is 0.489. The van der Waals surface area contributed by atoms with E-state index in [0.717, 1.165) is 0 Å². The molecule has 1 aromatic heterocycles. The van der Waals surface area contributed by atoms with Crippen LogP contribution in [0.3, 0.4) is 0 Å². The van der Waals surface area contributed by atoms with Crippen LogP contribution < -0.4 is 25.5 Å². The van der Waals surface area contributed by atoms with Crippen LogP contribution in [0, 0.1) is 0 Å². The fourth-order valence-corrected chi connectivity index (χ4v) is 3.14. The second kappa shape index (κ2) is 9.27. The Bertz CT molecular complexity index is 1390. The van der Waals surface area contributed by atoms with E-state index in [4.69, 9.17) is 13.9 Å². The topological polar surface area (TPSA) is 113 Å². The molecule has 0 aliphatic carbocycles. The molecule has 0 aliphatic heterocycles. The van der Waals surface area contributed by atoms with E-state index >= 15 is 0 Å². The number of nitrogens with zero attached hydrogens (tertiary/aromatic N) is 1. The number of amides is 1. The second-order valence-corrected chi connectivity index (χ2v) is 7.00. The molecule has 0 atom stereocenters. The molecule has 4 aromatic rings. The molecule has 8 nitrogen and oxygen atoms in total. The SMILES string of the molecule is COc1ccc(NC(=O)c2cc3cc(OC)ccc3oc2=Nc2ccc(C(=O)[O-])cc2)cc1. The first kappa shape index (κ1) is 21.6. The number of hydrogen-bond donors (Lipinski definition) is 1. The highest BCUT2D eigenvalue weighted by molar-refractivity contribution is 6.05. The number of hydrogen-bond acceptors (Lipinski definition) is 7. The molecule has 0 aliphatic rings. The normalized spacial score (nSPS) is 11.3. The van der Waals surface area contributed by atoms with Gasteiger partial charge in [-0.3, -0.25) is 4.79 Å². The van der Waals surface area contributed by atoms with Gasteiger partial charge in [-0.15, -0.1) is 0 Å². The maximum Gasteiger partial charge on any atom is 0.261 e. The number of carboxylic acids is 1. The standard InChI is InChI=1S/C25H20N2O6/c1-31-19-9-7-17(8-10-19)26-23(28)21-14-16-13-20(32-2)11-12-22(16)33-24(21)27-18-5-3-15(4-6-18)25(29)30/h3-14H,1-2H3,(H,26,28)(H,29,30)/p-1. The zero-order valence-corrected chi connectivity index (χ0v) is 17.8. The number of rotatable bonds is 6. The number of carbonyl (C=O) groups is 2. The Morgan fingerprint density at radius 1 is 0.879 bits per heavy atom. The van der Waals surface area contributed by atoms with Gasteiger partial charge in [-0.25, -0.2) is 4.99 Å². The van der Waals surface area contributed by atoms with Crippen LogP contribution >= 0.6 is 0 Å². The van der Waals surface area contributed by atoms with Crippen molar-refractivity contribution in [1.29, 1.82) is 0 Å². The zero-order valence-electron chi connectivity index (χ0n) is 17.8. The van der Waals surface area contributed by atoms with Gasteiger partial charge < -0.3 is 29.1 Å². The Hall–Kier alpha value is -4.59. The van der Waals surface area contributed by atoms with Gasteiger partial charge >= 0.3 is 0 Å². The number of carboxylic acid groups (broad SMARTS) is 1. The summed E-state index contributed by atoms with van der Waals surface area (Å²) in [6, 6.07) is 19.5. The Balaban J connectivity index is 1.80. The predicted octanol–water partition coefficient (Wildman–Crippen LogP) is 3.30. The van der Waals surface area contributed by atoms with E-state index in [9.17, 15) is 14.7 Å². The second-order valence-electron chi connectivity index (χ2n) is 7.00. The summed E-state index contributed by atoms with van der Waals surface area (Å²) in [7, 11) is 3.11. The molecule has 0 bridgehead atoms. The summed E-state index contributed by atoms with van der Waals surface area (Å²) in [5.74, 6) is -0.442. The van der Waals surface area contributed by atoms with Crippen molar-refractivity contribution in [2.75, 3.05) is 19.5 Å². The van der Waals surface area contributed by atoms with Gasteiger partial charge in [0.2, 0.25) is 5.55 Å². The summed E-state index contributed by atoms with van der Waals surface area (Å²) in [6.45, 7) is 0. The molecule has 33 heavy (non-hydrogen) atoms. The van der Waals surface area contributed by atoms with Gasteiger partial charge in [-0.2, -0.15) is 0 Å². The molecule has 0 saturated heterocycles. The number of benzene rings is 3. The van der Waals surface area contributed by atoms with Crippen LogP contribution in [0.5, 0.6) is 11.5 Å². The average molecular weight is 443 g/mol. The molecule has 1 N–H and O–H groups in total. The number of ether oxygens (including phenoxy) is 2. The molecule has 0 unspecified atom stereocenters. The lowest BCUT2D eigenvalue weighted by atomic mass is 10.1. The van der Waals surface area contributed by atoms with Crippen molar-refractivity contribution in [3.8, 4) is 11.5 Å². The number of fused-ring (bicyclic) bond motifs is 1. The van der Waals surface area contributed by atoms with Crippen LogP contribution in [0.15, 0.2) is 82.2 Å². The van der Waals surface area contributed by atoms with Crippen molar-refractivity contribution < 1.29 is 28.6 Å². The largest absolute Gasteiger partial charge is 0.545 e. The van der Waals surface area contributed by atoms with Gasteiger partial charge in [0.25, 0.3) is 5.91 Å². The first-order valence-electron chi connectivity index (χ1n) is 9.90. The number of anilines is 1. The highest BCUT2D eigenvalue weighted by Gasteiger charge is 2.14. The third-order valence-electron chi connectivity index (χ3n) is 4.88. The van der Waals surface area contributed by atoms with Gasteiger partial charge in [-0.05, 0) is 66.2 Å². The minimum Gasteiger partial charge on any atom is -0.545 e. The molecule has 3 aromatic carbocycles. The van der Waals surface area contributed by atoms with Gasteiger partial charge in [0.15, 0.2) is 0 Å². The van der Waals surface area contributed by atoms with E-state index in [-0.39, 0.29) is 16.7 Å². The highest BCUT2D eigenvalue weighted by atomic mass is 16.5. The first-order valence-corrected chi connectivity index (χ1v) is 9.90. The number of aromatic carboxylic acids is 1. The molecule has 0 saturated carbocycles. The maximum atomic E-state index is 13.1. The Morgan fingerprint density at radius 2 is 1.55 bits per heavy atom. The van der Waals surface area contributed by atoms with Gasteiger partial charge in [0, 0.05) is 11.1 Å². The van der Waals surface area contributed by atoms with Crippen LogP contribution in [0.25, 0.3) is 11.0 Å². The summed E-state index contributed by atoms with van der Waals surface area (Å²) >= 11 is 0. The predicted molar refractivity (Wildman–Crippen MR) is 120 cm³/mol. The molecule has 166 valence electrons. The summed E-state index contributed by atoms with van der Waals surface area (Å²) in [5.41, 5.74) is 1.76. The molecule has 4 rings (SSSR count). The molecule has 1 heterocycles. The number of carbonyl (C=O) groups excluding carboxylic acids is 2. The molecule has 1 amide bonds. The Labute approximate surface area is 188 Å². The molecule has 0 fully saturated rings. The van der Waals surface area contributed by atoms with E-state index in [1.54, 1.807) is 62.8 Å². The van der Waals surface area contributed by atoms with Crippen molar-refractivity contribution in [2.45, 2.75) is 0 Å². The van der Waals surface area contributed by atoms with E-state index in [1.165, 1.54) is 24.3 Å². The zero-order chi connectivity index (χ0) is 23.4. The maximum absolute atomic E-state index is 13.1. The van der Waals surface area contributed by atoms with Crippen molar-refractivity contribution in [3.05, 3.63) is 89.5 Å². The van der Waals surface area contributed by atoms with E-state index in [2.05, 4.69) is 10.3 Å². The summed E-state index contributed by atoms with van der Waals surface area (Å²) < 4.78 is 16.3. The number of methoxy groups -OCH3 is 2. The fourth-order valence-electron chi connectivity index (χ4n) is 3.14. The van der Waals surface area contributed by atoms with Crippen LogP contribution in [0.2, 0.25) is 0 Å². The molecular weight excluding hydrogens is 424 g/mol. The Morgan fingerprint density at radius 3 is 2.18 bits per heavy atom. The number of nitrogens with one attached hydrogen (secondary N) is 1. The van der Waals surface area contributed by atoms with E-state index in [1.807, 2.05) is 0 Å². The lowest BCUT2D eigenvalue weighted by Gasteiger charge is -2.09. The minimum absolute atomic E-state index is 0.0222. The highest BCUT2D eigenvalue weighted by Crippen LogP contribution is 2.22. The van der Waals surface area contributed by atoms with Gasteiger partial charge in [0.05, 0.1) is 25.9 Å². The van der Waals surface area contributed by atoms with Crippen molar-refractivity contribution >= 4 is 34.2 Å². The first-order chi connectivity index (χ1) is 16.0. The average Bonchev–Trinajstić information content (AvgIpc) is 2.84. The van der Waals surface area contributed by atoms with Crippen molar-refractivity contribution in [3.63, 3.8) is 0 Å². The molecule has 0 spiro atoms. The van der Waals surface area contributed by atoms with Crippen LogP contribution in [-0.4, -0.2) is 26.1 Å². The molecule has 8 heteroatoms.